The molecule has 1 fully saturated rings. The lowest BCUT2D eigenvalue weighted by atomic mass is 9.83. The first-order valence-electron chi connectivity index (χ1n) is 10.2. The van der Waals surface area contributed by atoms with Crippen LogP contribution in [0.25, 0.3) is 0 Å². The topological polar surface area (TPSA) is 84.4 Å². The van der Waals surface area contributed by atoms with Gasteiger partial charge in [0.1, 0.15) is 11.4 Å². The molecule has 3 aliphatic heterocycles. The van der Waals surface area contributed by atoms with E-state index < -0.39 is 5.60 Å². The number of nitrogens with one attached hydrogen (secondary N) is 1. The van der Waals surface area contributed by atoms with Gasteiger partial charge >= 0.3 is 0 Å². The first-order valence-corrected chi connectivity index (χ1v) is 10.2. The fraction of sp³-hybridized carbons (Fsp3) is 0.455. The van der Waals surface area contributed by atoms with E-state index in [1.54, 1.807) is 0 Å². The molecule has 0 bridgehead atoms. The predicted octanol–water partition coefficient (Wildman–Crippen LogP) is 2.05. The molecule has 1 aromatic carbocycles. The number of aryl methyl sites for hydroxylation is 1. The summed E-state index contributed by atoms with van der Waals surface area (Å²) >= 11 is 0. The van der Waals surface area contributed by atoms with Crippen molar-refractivity contribution in [2.45, 2.75) is 44.2 Å². The highest BCUT2D eigenvalue weighted by molar-refractivity contribution is 5.99. The molecule has 1 spiro atoms. The third-order valence-electron chi connectivity index (χ3n) is 6.36. The number of likely N-dealkylation sites (tertiary alicyclic amines) is 1. The van der Waals surface area contributed by atoms with Gasteiger partial charge in [0.2, 0.25) is 5.91 Å². The van der Waals surface area contributed by atoms with Crippen LogP contribution in [0.15, 0.2) is 30.5 Å². The molecule has 4 heterocycles. The van der Waals surface area contributed by atoms with Gasteiger partial charge in [0, 0.05) is 24.8 Å². The van der Waals surface area contributed by atoms with Crippen LogP contribution in [-0.2, 0) is 21.6 Å². The summed E-state index contributed by atoms with van der Waals surface area (Å²) in [5.74, 6) is 0.720. The van der Waals surface area contributed by atoms with Gasteiger partial charge in [-0.15, -0.1) is 0 Å². The van der Waals surface area contributed by atoms with Crippen molar-refractivity contribution in [1.82, 2.24) is 20.2 Å². The third kappa shape index (κ3) is 3.09. The van der Waals surface area contributed by atoms with Crippen LogP contribution in [0.4, 0.5) is 0 Å². The quantitative estimate of drug-likeness (QED) is 0.846. The molecule has 150 valence electrons. The highest BCUT2D eigenvalue weighted by Crippen LogP contribution is 2.40. The summed E-state index contributed by atoms with van der Waals surface area (Å²) in [5.41, 5.74) is 3.33. The number of hydrogen-bond acceptors (Lipinski definition) is 5. The van der Waals surface area contributed by atoms with Gasteiger partial charge in [0.05, 0.1) is 24.8 Å². The van der Waals surface area contributed by atoms with Gasteiger partial charge < -0.3 is 15.0 Å². The molecule has 0 radical (unpaired) electrons. The van der Waals surface area contributed by atoms with Crippen molar-refractivity contribution in [3.8, 4) is 0 Å². The van der Waals surface area contributed by atoms with E-state index >= 15 is 0 Å². The monoisotopic (exact) mass is 392 g/mol. The number of fused-ring (bicyclic) bond motifs is 3. The van der Waals surface area contributed by atoms with Gasteiger partial charge in [0.25, 0.3) is 5.91 Å². The van der Waals surface area contributed by atoms with Crippen LogP contribution in [-0.4, -0.2) is 46.4 Å². The molecule has 1 unspecified atom stereocenters. The van der Waals surface area contributed by atoms with Crippen LogP contribution in [0.5, 0.6) is 0 Å². The van der Waals surface area contributed by atoms with Crippen molar-refractivity contribution in [2.24, 2.45) is 0 Å². The molecule has 0 aliphatic carbocycles. The molecule has 1 saturated heterocycles. The number of ether oxygens (including phenoxy) is 1. The van der Waals surface area contributed by atoms with Crippen LogP contribution < -0.4 is 5.32 Å². The Morgan fingerprint density at radius 2 is 2.10 bits per heavy atom. The molecule has 7 nitrogen and oxygen atoms in total. The summed E-state index contributed by atoms with van der Waals surface area (Å²) in [6.45, 7) is 3.82. The van der Waals surface area contributed by atoms with Crippen molar-refractivity contribution in [3.05, 3.63) is 58.7 Å². The molecule has 5 rings (SSSR count). The van der Waals surface area contributed by atoms with E-state index in [-0.39, 0.29) is 24.3 Å². The van der Waals surface area contributed by atoms with Crippen LogP contribution in [0.2, 0.25) is 0 Å². The maximum absolute atomic E-state index is 12.9. The summed E-state index contributed by atoms with van der Waals surface area (Å²) in [5, 5.41) is 2.94. The van der Waals surface area contributed by atoms with Crippen molar-refractivity contribution >= 4 is 11.8 Å². The van der Waals surface area contributed by atoms with Crippen LogP contribution >= 0.6 is 0 Å². The maximum Gasteiger partial charge on any atom is 0.252 e. The van der Waals surface area contributed by atoms with Gasteiger partial charge in [-0.2, -0.15) is 0 Å². The second kappa shape index (κ2) is 6.91. The fourth-order valence-electron chi connectivity index (χ4n) is 4.78. The lowest BCUT2D eigenvalue weighted by Gasteiger charge is -2.44. The van der Waals surface area contributed by atoms with Crippen molar-refractivity contribution in [2.75, 3.05) is 19.7 Å². The Labute approximate surface area is 169 Å². The molecule has 1 atom stereocenters. The predicted molar refractivity (Wildman–Crippen MR) is 105 cm³/mol. The van der Waals surface area contributed by atoms with E-state index in [4.69, 9.17) is 9.72 Å². The number of rotatable bonds is 2. The summed E-state index contributed by atoms with van der Waals surface area (Å²) < 4.78 is 6.22. The zero-order valence-electron chi connectivity index (χ0n) is 16.5. The minimum Gasteiger partial charge on any atom is -0.368 e. The van der Waals surface area contributed by atoms with Gasteiger partial charge in [0.15, 0.2) is 0 Å². The molecule has 3 aliphatic rings. The lowest BCUT2D eigenvalue weighted by Crippen LogP contribution is -2.49. The average Bonchev–Trinajstić information content (AvgIpc) is 3.05. The number of hydrogen-bond donors (Lipinski definition) is 1. The largest absolute Gasteiger partial charge is 0.368 e. The Bertz CT molecular complexity index is 982. The van der Waals surface area contributed by atoms with Crippen molar-refractivity contribution in [3.63, 3.8) is 0 Å². The molecule has 2 amide bonds. The highest BCUT2D eigenvalue weighted by atomic mass is 16.5. The smallest absolute Gasteiger partial charge is 0.252 e. The van der Waals surface area contributed by atoms with Gasteiger partial charge in [-0.1, -0.05) is 18.2 Å². The number of piperidine rings is 1. The van der Waals surface area contributed by atoms with Crippen molar-refractivity contribution in [1.29, 1.82) is 0 Å². The standard InChI is InChI=1S/C22H24N4O3/c1-14-23-13-15-6-11-29-22(20(15)24-14)7-9-26(10-8-22)19(27)12-18-16-4-2-3-5-17(16)21(28)25-18/h2-5,13,18H,6-12H2,1H3,(H,25,28). The molecule has 2 aromatic rings. The molecule has 1 aromatic heterocycles. The van der Waals surface area contributed by atoms with E-state index in [9.17, 15) is 9.59 Å². The SMILES string of the molecule is Cc1ncc2c(n1)C1(CCN(C(=O)CC3NC(=O)c4ccccc43)CC1)OCC2. The first-order chi connectivity index (χ1) is 14.1. The normalized spacial score (nSPS) is 22.2. The highest BCUT2D eigenvalue weighted by Gasteiger charge is 2.43. The molecule has 1 N–H and O–H groups in total. The summed E-state index contributed by atoms with van der Waals surface area (Å²) in [4.78, 5) is 36.0. The summed E-state index contributed by atoms with van der Waals surface area (Å²) in [6.07, 6.45) is 4.50. The van der Waals surface area contributed by atoms with Gasteiger partial charge in [-0.3, -0.25) is 9.59 Å². The van der Waals surface area contributed by atoms with Crippen LogP contribution in [0, 0.1) is 6.92 Å². The van der Waals surface area contributed by atoms with Crippen LogP contribution in [0.3, 0.4) is 0 Å². The minimum atomic E-state index is -0.410. The first kappa shape index (κ1) is 18.2. The lowest BCUT2D eigenvalue weighted by molar-refractivity contribution is -0.141. The van der Waals surface area contributed by atoms with Crippen LogP contribution in [0.1, 0.15) is 58.3 Å². The van der Waals surface area contributed by atoms with E-state index in [2.05, 4.69) is 10.3 Å². The average molecular weight is 392 g/mol. The third-order valence-corrected chi connectivity index (χ3v) is 6.36. The number of benzene rings is 1. The van der Waals surface area contributed by atoms with Gasteiger partial charge in [-0.05, 0) is 43.4 Å². The van der Waals surface area contributed by atoms with E-state index in [1.807, 2.05) is 42.3 Å². The Hall–Kier alpha value is -2.80. The number of amides is 2. The molecule has 0 saturated carbocycles. The van der Waals surface area contributed by atoms with E-state index in [0.29, 0.717) is 25.3 Å². The van der Waals surface area contributed by atoms with E-state index in [1.165, 1.54) is 0 Å². The summed E-state index contributed by atoms with van der Waals surface area (Å²) in [7, 11) is 0. The van der Waals surface area contributed by atoms with Crippen molar-refractivity contribution < 1.29 is 14.3 Å². The zero-order valence-corrected chi connectivity index (χ0v) is 16.5. The molecule has 29 heavy (non-hydrogen) atoms. The molecular formula is C22H24N4O3. The Morgan fingerprint density at radius 3 is 2.93 bits per heavy atom. The zero-order chi connectivity index (χ0) is 20.0. The second-order valence-corrected chi connectivity index (χ2v) is 8.08. The minimum absolute atomic E-state index is 0.0664. The maximum atomic E-state index is 12.9. The number of carbonyl (C=O) groups excluding carboxylic acids is 2. The molecule has 7 heteroatoms. The molecular weight excluding hydrogens is 368 g/mol. The Kier molecular flexibility index (Phi) is 4.35. The summed E-state index contributed by atoms with van der Waals surface area (Å²) in [6, 6.07) is 7.24. The number of carbonyl (C=O) groups is 2. The number of nitrogens with zero attached hydrogens (tertiary/aromatic N) is 3. The van der Waals surface area contributed by atoms with E-state index in [0.717, 1.165) is 41.9 Å². The Morgan fingerprint density at radius 1 is 1.31 bits per heavy atom. The van der Waals surface area contributed by atoms with Gasteiger partial charge in [-0.25, -0.2) is 9.97 Å². The Balaban J connectivity index is 1.28. The fourth-order valence-corrected chi connectivity index (χ4v) is 4.78. The number of aromatic nitrogens is 2. The second-order valence-electron chi connectivity index (χ2n) is 8.08.